The van der Waals surface area contributed by atoms with Crippen molar-refractivity contribution in [1.29, 1.82) is 0 Å². The minimum absolute atomic E-state index is 0.0456. The smallest absolute Gasteiger partial charge is 0.326 e. The van der Waals surface area contributed by atoms with Crippen LogP contribution in [0.1, 0.15) is 33.1 Å². The number of carboxylic acids is 1. The molecule has 2 N–H and O–H groups in total. The normalized spacial score (nSPS) is 33.3. The van der Waals surface area contributed by atoms with E-state index < -0.39 is 12.0 Å². The van der Waals surface area contributed by atoms with Gasteiger partial charge in [0.05, 0.1) is 0 Å². The molecule has 3 atom stereocenters. The third kappa shape index (κ3) is 1.93. The van der Waals surface area contributed by atoms with Crippen LogP contribution in [0.15, 0.2) is 0 Å². The van der Waals surface area contributed by atoms with Crippen LogP contribution in [0.3, 0.4) is 0 Å². The van der Waals surface area contributed by atoms with Crippen molar-refractivity contribution in [2.75, 3.05) is 0 Å². The SMILES string of the molecule is CC(C)[C@H](NC(=O)C1C2CCCC21)C(=O)O. The van der Waals surface area contributed by atoms with Gasteiger partial charge in [0, 0.05) is 5.92 Å². The van der Waals surface area contributed by atoms with Crippen LogP contribution in [0.2, 0.25) is 0 Å². The van der Waals surface area contributed by atoms with Crippen LogP contribution in [-0.4, -0.2) is 23.0 Å². The maximum absolute atomic E-state index is 11.9. The van der Waals surface area contributed by atoms with Crippen LogP contribution in [0.4, 0.5) is 0 Å². The predicted molar refractivity (Wildman–Crippen MR) is 58.7 cm³/mol. The predicted octanol–water partition coefficient (Wildman–Crippen LogP) is 1.26. The molecule has 90 valence electrons. The number of hydrogen-bond acceptors (Lipinski definition) is 2. The van der Waals surface area contributed by atoms with Crippen molar-refractivity contribution >= 4 is 11.9 Å². The zero-order valence-corrected chi connectivity index (χ0v) is 9.77. The average Bonchev–Trinajstić information content (AvgIpc) is 2.67. The molecule has 4 heteroatoms. The largest absolute Gasteiger partial charge is 0.480 e. The molecule has 0 bridgehead atoms. The molecule has 0 aliphatic heterocycles. The highest BCUT2D eigenvalue weighted by atomic mass is 16.4. The van der Waals surface area contributed by atoms with Gasteiger partial charge in [0.2, 0.25) is 5.91 Å². The number of hydrogen-bond donors (Lipinski definition) is 2. The summed E-state index contributed by atoms with van der Waals surface area (Å²) in [4.78, 5) is 22.8. The Balaban J connectivity index is 1.89. The number of nitrogens with one attached hydrogen (secondary N) is 1. The van der Waals surface area contributed by atoms with Crippen LogP contribution >= 0.6 is 0 Å². The molecule has 2 saturated carbocycles. The Morgan fingerprint density at radius 2 is 1.81 bits per heavy atom. The lowest BCUT2D eigenvalue weighted by molar-refractivity contribution is -0.143. The molecule has 2 unspecified atom stereocenters. The van der Waals surface area contributed by atoms with Crippen LogP contribution < -0.4 is 5.32 Å². The van der Waals surface area contributed by atoms with Crippen LogP contribution in [0.5, 0.6) is 0 Å². The number of amides is 1. The molecule has 2 aliphatic rings. The van der Waals surface area contributed by atoms with Gasteiger partial charge in [-0.3, -0.25) is 4.79 Å². The lowest BCUT2D eigenvalue weighted by Gasteiger charge is -2.18. The number of fused-ring (bicyclic) bond motifs is 1. The van der Waals surface area contributed by atoms with Crippen molar-refractivity contribution in [1.82, 2.24) is 5.32 Å². The van der Waals surface area contributed by atoms with Gasteiger partial charge in [-0.25, -0.2) is 4.79 Å². The highest BCUT2D eigenvalue weighted by Crippen LogP contribution is 2.57. The number of carboxylic acid groups (broad SMARTS) is 1. The highest BCUT2D eigenvalue weighted by molar-refractivity contribution is 5.87. The van der Waals surface area contributed by atoms with Gasteiger partial charge >= 0.3 is 5.97 Å². The third-order valence-corrected chi connectivity index (χ3v) is 3.94. The molecular formula is C12H19NO3. The van der Waals surface area contributed by atoms with E-state index in [2.05, 4.69) is 5.32 Å². The Labute approximate surface area is 95.4 Å². The van der Waals surface area contributed by atoms with Gasteiger partial charge in [0.15, 0.2) is 0 Å². The van der Waals surface area contributed by atoms with E-state index in [9.17, 15) is 9.59 Å². The molecule has 0 spiro atoms. The van der Waals surface area contributed by atoms with E-state index >= 15 is 0 Å². The first-order valence-electron chi connectivity index (χ1n) is 6.05. The van der Waals surface area contributed by atoms with E-state index in [1.54, 1.807) is 0 Å². The van der Waals surface area contributed by atoms with E-state index in [1.807, 2.05) is 13.8 Å². The summed E-state index contributed by atoms with van der Waals surface area (Å²) < 4.78 is 0. The van der Waals surface area contributed by atoms with Crippen LogP contribution in [0.25, 0.3) is 0 Å². The maximum atomic E-state index is 11.9. The summed E-state index contributed by atoms with van der Waals surface area (Å²) in [7, 11) is 0. The van der Waals surface area contributed by atoms with Gasteiger partial charge in [0.1, 0.15) is 6.04 Å². The van der Waals surface area contributed by atoms with Crippen molar-refractivity contribution in [2.45, 2.75) is 39.2 Å². The monoisotopic (exact) mass is 225 g/mol. The van der Waals surface area contributed by atoms with Crippen molar-refractivity contribution in [2.24, 2.45) is 23.7 Å². The number of carbonyl (C=O) groups excluding carboxylic acids is 1. The lowest BCUT2D eigenvalue weighted by Crippen LogP contribution is -2.45. The Morgan fingerprint density at radius 1 is 1.25 bits per heavy atom. The van der Waals surface area contributed by atoms with Gasteiger partial charge in [-0.05, 0) is 30.6 Å². The maximum Gasteiger partial charge on any atom is 0.326 e. The van der Waals surface area contributed by atoms with Crippen molar-refractivity contribution in [3.05, 3.63) is 0 Å². The summed E-state index contributed by atoms with van der Waals surface area (Å²) in [5, 5.41) is 11.7. The molecule has 4 nitrogen and oxygen atoms in total. The standard InChI is InChI=1S/C12H19NO3/c1-6(2)10(12(15)16)13-11(14)9-7-4-3-5-8(7)9/h6-10H,3-5H2,1-2H3,(H,13,14)(H,15,16)/t7?,8?,9?,10-/m0/s1. The zero-order valence-electron chi connectivity index (χ0n) is 9.77. The molecule has 1 amide bonds. The van der Waals surface area contributed by atoms with Crippen LogP contribution in [0, 0.1) is 23.7 Å². The second kappa shape index (κ2) is 4.07. The van der Waals surface area contributed by atoms with Crippen molar-refractivity contribution in [3.8, 4) is 0 Å². The third-order valence-electron chi connectivity index (χ3n) is 3.94. The fourth-order valence-corrected chi connectivity index (χ4v) is 2.97. The van der Waals surface area contributed by atoms with E-state index in [1.165, 1.54) is 6.42 Å². The summed E-state index contributed by atoms with van der Waals surface area (Å²) in [5.41, 5.74) is 0. The molecule has 0 heterocycles. The zero-order chi connectivity index (χ0) is 11.9. The molecule has 2 fully saturated rings. The molecular weight excluding hydrogens is 206 g/mol. The first-order chi connectivity index (χ1) is 7.52. The van der Waals surface area contributed by atoms with E-state index in [-0.39, 0.29) is 17.7 Å². The van der Waals surface area contributed by atoms with Crippen molar-refractivity contribution < 1.29 is 14.7 Å². The summed E-state index contributed by atoms with van der Waals surface area (Å²) in [6, 6.07) is -0.742. The molecule has 0 aromatic heterocycles. The molecule has 0 aromatic rings. The number of carbonyl (C=O) groups is 2. The summed E-state index contributed by atoms with van der Waals surface area (Å²) in [5.74, 6) is 0.141. The first kappa shape index (κ1) is 11.4. The van der Waals surface area contributed by atoms with E-state index in [0.717, 1.165) is 12.8 Å². The Bertz CT molecular complexity index is 303. The molecule has 16 heavy (non-hydrogen) atoms. The van der Waals surface area contributed by atoms with Gasteiger partial charge in [-0.1, -0.05) is 20.3 Å². The van der Waals surface area contributed by atoms with E-state index in [0.29, 0.717) is 11.8 Å². The summed E-state index contributed by atoms with van der Waals surface area (Å²) in [6.45, 7) is 3.62. The number of aliphatic carboxylic acids is 1. The second-order valence-corrected chi connectivity index (χ2v) is 5.35. The summed E-state index contributed by atoms with van der Waals surface area (Å²) >= 11 is 0. The van der Waals surface area contributed by atoms with Gasteiger partial charge in [-0.15, -0.1) is 0 Å². The molecule has 2 rings (SSSR count). The topological polar surface area (TPSA) is 66.4 Å². The molecule has 0 radical (unpaired) electrons. The Kier molecular flexibility index (Phi) is 2.91. The van der Waals surface area contributed by atoms with Gasteiger partial charge < -0.3 is 10.4 Å². The number of rotatable bonds is 4. The fourth-order valence-electron chi connectivity index (χ4n) is 2.97. The van der Waals surface area contributed by atoms with Crippen molar-refractivity contribution in [3.63, 3.8) is 0 Å². The average molecular weight is 225 g/mol. The Hall–Kier alpha value is -1.06. The van der Waals surface area contributed by atoms with Gasteiger partial charge in [0.25, 0.3) is 0 Å². The van der Waals surface area contributed by atoms with Crippen LogP contribution in [-0.2, 0) is 9.59 Å². The quantitative estimate of drug-likeness (QED) is 0.757. The molecule has 0 aromatic carbocycles. The second-order valence-electron chi connectivity index (χ2n) is 5.35. The lowest BCUT2D eigenvalue weighted by atomic mass is 10.0. The highest BCUT2D eigenvalue weighted by Gasteiger charge is 2.56. The van der Waals surface area contributed by atoms with Gasteiger partial charge in [-0.2, -0.15) is 0 Å². The first-order valence-corrected chi connectivity index (χ1v) is 6.05. The molecule has 0 saturated heterocycles. The fraction of sp³-hybridized carbons (Fsp3) is 0.833. The summed E-state index contributed by atoms with van der Waals surface area (Å²) in [6.07, 6.45) is 3.51. The minimum atomic E-state index is -0.936. The van der Waals surface area contributed by atoms with E-state index in [4.69, 9.17) is 5.11 Å². The molecule has 2 aliphatic carbocycles. The minimum Gasteiger partial charge on any atom is -0.480 e. The Morgan fingerprint density at radius 3 is 2.25 bits per heavy atom.